The standard InChI is InChI=1S/C20H20Cl2N4S/c1-20(2)11-24-19-16(17(25-26(19)3)15-6-4-5-9-23-15)18(27-20)13-8-7-12(21)10-14(13)22/h4-10,18,24H,11H2,1-3H3. The molecule has 1 N–H and O–H groups in total. The number of nitrogens with one attached hydrogen (secondary N) is 1. The molecule has 0 fully saturated rings. The van der Waals surface area contributed by atoms with Crippen LogP contribution in [-0.2, 0) is 7.05 Å². The number of halogens is 2. The molecule has 0 radical (unpaired) electrons. The Hall–Kier alpha value is -1.69. The predicted octanol–water partition coefficient (Wildman–Crippen LogP) is 5.82. The average molecular weight is 419 g/mol. The monoisotopic (exact) mass is 418 g/mol. The van der Waals surface area contributed by atoms with E-state index in [1.165, 1.54) is 0 Å². The first-order valence-corrected chi connectivity index (χ1v) is 10.3. The summed E-state index contributed by atoms with van der Waals surface area (Å²) in [6.07, 6.45) is 1.79. The highest BCUT2D eigenvalue weighted by Crippen LogP contribution is 2.52. The highest BCUT2D eigenvalue weighted by Gasteiger charge is 2.36. The zero-order chi connectivity index (χ0) is 19.2. The van der Waals surface area contributed by atoms with Crippen LogP contribution in [0.5, 0.6) is 0 Å². The van der Waals surface area contributed by atoms with Gasteiger partial charge in [0.2, 0.25) is 0 Å². The van der Waals surface area contributed by atoms with Crippen molar-refractivity contribution in [2.75, 3.05) is 11.9 Å². The number of rotatable bonds is 2. The van der Waals surface area contributed by atoms with Crippen molar-refractivity contribution in [3.8, 4) is 11.4 Å². The third-order valence-corrected chi connectivity index (χ3v) is 6.69. The van der Waals surface area contributed by atoms with Crippen molar-refractivity contribution in [2.45, 2.75) is 23.8 Å². The smallest absolute Gasteiger partial charge is 0.129 e. The molecule has 0 bridgehead atoms. The molecule has 1 unspecified atom stereocenters. The molecule has 1 aliphatic rings. The second-order valence-electron chi connectivity index (χ2n) is 7.23. The Morgan fingerprint density at radius 1 is 1.22 bits per heavy atom. The van der Waals surface area contributed by atoms with Crippen molar-refractivity contribution in [3.05, 3.63) is 63.8 Å². The van der Waals surface area contributed by atoms with Crippen LogP contribution in [0.1, 0.15) is 30.2 Å². The summed E-state index contributed by atoms with van der Waals surface area (Å²) in [5, 5.41) is 9.69. The van der Waals surface area contributed by atoms with Crippen molar-refractivity contribution in [2.24, 2.45) is 7.05 Å². The van der Waals surface area contributed by atoms with E-state index in [9.17, 15) is 0 Å². The average Bonchev–Trinajstić information content (AvgIpc) is 2.88. The normalized spacial score (nSPS) is 18.5. The summed E-state index contributed by atoms with van der Waals surface area (Å²) in [7, 11) is 1.96. The van der Waals surface area contributed by atoms with E-state index < -0.39 is 0 Å². The lowest BCUT2D eigenvalue weighted by atomic mass is 10.0. The third kappa shape index (κ3) is 3.56. The number of hydrogen-bond donors (Lipinski definition) is 1. The van der Waals surface area contributed by atoms with Gasteiger partial charge in [-0.2, -0.15) is 5.10 Å². The molecular formula is C20H20Cl2N4S. The number of nitrogens with zero attached hydrogens (tertiary/aromatic N) is 3. The van der Waals surface area contributed by atoms with Gasteiger partial charge in [-0.15, -0.1) is 11.8 Å². The predicted molar refractivity (Wildman–Crippen MR) is 115 cm³/mol. The number of anilines is 1. The molecule has 4 rings (SSSR count). The molecule has 3 aromatic rings. The van der Waals surface area contributed by atoms with Gasteiger partial charge in [-0.1, -0.05) is 35.3 Å². The van der Waals surface area contributed by atoms with Crippen molar-refractivity contribution in [1.29, 1.82) is 0 Å². The topological polar surface area (TPSA) is 42.7 Å². The van der Waals surface area contributed by atoms with Crippen molar-refractivity contribution < 1.29 is 0 Å². The van der Waals surface area contributed by atoms with Crippen molar-refractivity contribution >= 4 is 40.8 Å². The number of thioether (sulfide) groups is 1. The second kappa shape index (κ2) is 7.04. The first-order chi connectivity index (χ1) is 12.9. The Morgan fingerprint density at radius 3 is 2.74 bits per heavy atom. The Morgan fingerprint density at radius 2 is 2.04 bits per heavy atom. The van der Waals surface area contributed by atoms with E-state index in [2.05, 4.69) is 24.1 Å². The van der Waals surface area contributed by atoms with Gasteiger partial charge in [0.25, 0.3) is 0 Å². The van der Waals surface area contributed by atoms with Crippen LogP contribution in [0.25, 0.3) is 11.4 Å². The van der Waals surface area contributed by atoms with Gasteiger partial charge in [-0.05, 0) is 43.7 Å². The van der Waals surface area contributed by atoms with Crippen LogP contribution in [0.15, 0.2) is 42.6 Å². The Labute approximate surface area is 173 Å². The van der Waals surface area contributed by atoms with Gasteiger partial charge in [-0.3, -0.25) is 9.67 Å². The molecule has 2 aromatic heterocycles. The van der Waals surface area contributed by atoms with Crippen LogP contribution in [0.2, 0.25) is 10.0 Å². The lowest BCUT2D eigenvalue weighted by Gasteiger charge is -2.27. The van der Waals surface area contributed by atoms with E-state index >= 15 is 0 Å². The van der Waals surface area contributed by atoms with Crippen LogP contribution in [-0.4, -0.2) is 26.1 Å². The van der Waals surface area contributed by atoms with Crippen LogP contribution >= 0.6 is 35.0 Å². The largest absolute Gasteiger partial charge is 0.369 e. The summed E-state index contributed by atoms with van der Waals surface area (Å²) in [6, 6.07) is 11.6. The van der Waals surface area contributed by atoms with Gasteiger partial charge in [0.15, 0.2) is 0 Å². The number of aryl methyl sites for hydroxylation is 1. The SMILES string of the molecule is Cn1nc(-c2ccccn2)c2c1NCC(C)(C)SC2c1ccc(Cl)cc1Cl. The minimum Gasteiger partial charge on any atom is -0.369 e. The molecule has 1 aromatic carbocycles. The Kier molecular flexibility index (Phi) is 4.87. The van der Waals surface area contributed by atoms with E-state index in [4.69, 9.17) is 28.3 Å². The molecule has 0 saturated carbocycles. The summed E-state index contributed by atoms with van der Waals surface area (Å²) < 4.78 is 1.91. The minimum absolute atomic E-state index is 0.00797. The maximum atomic E-state index is 6.62. The molecule has 4 nitrogen and oxygen atoms in total. The molecule has 1 atom stereocenters. The highest BCUT2D eigenvalue weighted by molar-refractivity contribution is 8.01. The van der Waals surface area contributed by atoms with Gasteiger partial charge in [0, 0.05) is 40.1 Å². The number of aromatic nitrogens is 3. The lowest BCUT2D eigenvalue weighted by Crippen LogP contribution is -2.26. The van der Waals surface area contributed by atoms with E-state index in [0.717, 1.165) is 34.9 Å². The maximum Gasteiger partial charge on any atom is 0.129 e. The maximum absolute atomic E-state index is 6.62. The molecule has 0 aliphatic carbocycles. The van der Waals surface area contributed by atoms with Gasteiger partial charge >= 0.3 is 0 Å². The number of fused-ring (bicyclic) bond motifs is 1. The van der Waals surface area contributed by atoms with Crippen LogP contribution < -0.4 is 5.32 Å². The Bertz CT molecular complexity index is 985. The molecule has 140 valence electrons. The number of hydrogen-bond acceptors (Lipinski definition) is 4. The highest BCUT2D eigenvalue weighted by atomic mass is 35.5. The zero-order valence-corrected chi connectivity index (χ0v) is 17.7. The molecule has 3 heterocycles. The molecule has 7 heteroatoms. The molecule has 0 amide bonds. The third-order valence-electron chi connectivity index (χ3n) is 4.62. The fourth-order valence-corrected chi connectivity index (χ4v) is 5.39. The number of pyridine rings is 1. The molecule has 0 saturated heterocycles. The quantitative estimate of drug-likeness (QED) is 0.569. The minimum atomic E-state index is 0.00797. The fourth-order valence-electron chi connectivity index (χ4n) is 3.34. The van der Waals surface area contributed by atoms with Crippen LogP contribution in [0.4, 0.5) is 5.82 Å². The summed E-state index contributed by atoms with van der Waals surface area (Å²) in [5.41, 5.74) is 3.87. The van der Waals surface area contributed by atoms with Crippen LogP contribution in [0.3, 0.4) is 0 Å². The van der Waals surface area contributed by atoms with Crippen LogP contribution in [0, 0.1) is 0 Å². The summed E-state index contributed by atoms with van der Waals surface area (Å²) >= 11 is 14.6. The van der Waals surface area contributed by atoms with Crippen molar-refractivity contribution in [1.82, 2.24) is 14.8 Å². The first kappa shape index (κ1) is 18.7. The van der Waals surface area contributed by atoms with E-state index in [0.29, 0.717) is 10.0 Å². The fraction of sp³-hybridized carbons (Fsp3) is 0.300. The number of benzene rings is 1. The molecule has 0 spiro atoms. The van der Waals surface area contributed by atoms with E-state index in [1.807, 2.05) is 53.8 Å². The molecule has 1 aliphatic heterocycles. The Balaban J connectivity index is 1.96. The first-order valence-electron chi connectivity index (χ1n) is 8.71. The van der Waals surface area contributed by atoms with Gasteiger partial charge in [0.1, 0.15) is 11.5 Å². The molecule has 27 heavy (non-hydrogen) atoms. The summed E-state index contributed by atoms with van der Waals surface area (Å²) in [5.74, 6) is 1.00. The van der Waals surface area contributed by atoms with E-state index in [1.54, 1.807) is 12.3 Å². The summed E-state index contributed by atoms with van der Waals surface area (Å²) in [4.78, 5) is 4.54. The van der Waals surface area contributed by atoms with Crippen molar-refractivity contribution in [3.63, 3.8) is 0 Å². The lowest BCUT2D eigenvalue weighted by molar-refractivity contribution is 0.726. The second-order valence-corrected chi connectivity index (χ2v) is 9.88. The summed E-state index contributed by atoms with van der Waals surface area (Å²) in [6.45, 7) is 5.30. The van der Waals surface area contributed by atoms with E-state index in [-0.39, 0.29) is 10.00 Å². The van der Waals surface area contributed by atoms with Gasteiger partial charge in [0.05, 0.1) is 10.9 Å². The zero-order valence-electron chi connectivity index (χ0n) is 15.3. The molecular weight excluding hydrogens is 399 g/mol. The van der Waals surface area contributed by atoms with Gasteiger partial charge in [-0.25, -0.2) is 0 Å². The van der Waals surface area contributed by atoms with Gasteiger partial charge < -0.3 is 5.32 Å².